The van der Waals surface area contributed by atoms with E-state index in [1.54, 1.807) is 0 Å². The van der Waals surface area contributed by atoms with Gasteiger partial charge >= 0.3 is 0 Å². The molecule has 76 valence electrons. The molecule has 1 rings (SSSR count). The molecule has 1 fully saturated rings. The zero-order valence-electron chi connectivity index (χ0n) is 8.16. The lowest BCUT2D eigenvalue weighted by Gasteiger charge is -2.27. The van der Waals surface area contributed by atoms with Gasteiger partial charge in [-0.1, -0.05) is 6.92 Å². The van der Waals surface area contributed by atoms with Crippen molar-refractivity contribution in [2.75, 3.05) is 32.8 Å². The van der Waals surface area contributed by atoms with E-state index in [2.05, 4.69) is 0 Å². The number of nitrogens with zero attached hydrogens (tertiary/aromatic N) is 1. The molecule has 1 aliphatic heterocycles. The van der Waals surface area contributed by atoms with Gasteiger partial charge in [0.15, 0.2) is 0 Å². The Balaban J connectivity index is 2.29. The minimum absolute atomic E-state index is 0.209. The Kier molecular flexibility index (Phi) is 4.18. The molecular weight excluding hydrogens is 168 g/mol. The molecule has 1 aliphatic rings. The second-order valence-electron chi connectivity index (χ2n) is 3.54. The van der Waals surface area contributed by atoms with Crippen LogP contribution in [0.4, 0.5) is 0 Å². The van der Waals surface area contributed by atoms with Crippen molar-refractivity contribution < 1.29 is 9.53 Å². The first-order chi connectivity index (χ1) is 6.24. The average Bonchev–Trinajstić information content (AvgIpc) is 2.19. The van der Waals surface area contributed by atoms with Crippen LogP contribution in [0.25, 0.3) is 0 Å². The van der Waals surface area contributed by atoms with Crippen LogP contribution in [0.1, 0.15) is 13.3 Å². The molecule has 2 N–H and O–H groups in total. The summed E-state index contributed by atoms with van der Waals surface area (Å²) < 4.78 is 5.16. The highest BCUT2D eigenvalue weighted by Crippen LogP contribution is 2.05. The van der Waals surface area contributed by atoms with Crippen LogP contribution in [0, 0.1) is 5.92 Å². The van der Waals surface area contributed by atoms with Crippen LogP contribution < -0.4 is 5.73 Å². The Hall–Kier alpha value is -0.610. The Bertz CT molecular complexity index is 167. The smallest absolute Gasteiger partial charge is 0.223 e. The lowest BCUT2D eigenvalue weighted by molar-refractivity contribution is -0.136. The van der Waals surface area contributed by atoms with Gasteiger partial charge in [0.25, 0.3) is 0 Å². The summed E-state index contributed by atoms with van der Waals surface area (Å²) in [5.41, 5.74) is 5.45. The van der Waals surface area contributed by atoms with Gasteiger partial charge in [-0.2, -0.15) is 0 Å². The zero-order valence-corrected chi connectivity index (χ0v) is 8.16. The number of hydrogen-bond donors (Lipinski definition) is 1. The van der Waals surface area contributed by atoms with Crippen LogP contribution in [-0.2, 0) is 9.53 Å². The normalized spacial score (nSPS) is 20.0. The van der Waals surface area contributed by atoms with Gasteiger partial charge in [-0.05, 0) is 12.5 Å². The lowest BCUT2D eigenvalue weighted by Crippen LogP contribution is -2.41. The predicted octanol–water partition coefficient (Wildman–Crippen LogP) is -0.170. The highest BCUT2D eigenvalue weighted by Gasteiger charge is 2.17. The van der Waals surface area contributed by atoms with Gasteiger partial charge in [-0.15, -0.1) is 0 Å². The van der Waals surface area contributed by atoms with Crippen molar-refractivity contribution in [3.63, 3.8) is 0 Å². The first kappa shape index (κ1) is 10.5. The number of rotatable bonds is 3. The second-order valence-corrected chi connectivity index (χ2v) is 3.54. The summed E-state index contributed by atoms with van der Waals surface area (Å²) in [4.78, 5) is 13.4. The van der Waals surface area contributed by atoms with Gasteiger partial charge in [-0.3, -0.25) is 4.79 Å². The predicted molar refractivity (Wildman–Crippen MR) is 50.2 cm³/mol. The zero-order chi connectivity index (χ0) is 9.68. The van der Waals surface area contributed by atoms with Crippen molar-refractivity contribution in [3.05, 3.63) is 0 Å². The summed E-state index contributed by atoms with van der Waals surface area (Å²) in [6, 6.07) is 0. The van der Waals surface area contributed by atoms with Crippen LogP contribution in [0.5, 0.6) is 0 Å². The number of carbonyl (C=O) groups excluding carboxylic acids is 1. The summed E-state index contributed by atoms with van der Waals surface area (Å²) >= 11 is 0. The molecule has 13 heavy (non-hydrogen) atoms. The first-order valence-corrected chi connectivity index (χ1v) is 4.79. The molecule has 1 amide bonds. The SMILES string of the molecule is CC(CN)CC(=O)N1CCOCC1. The molecule has 0 bridgehead atoms. The molecule has 0 radical (unpaired) electrons. The molecule has 1 atom stereocenters. The van der Waals surface area contributed by atoms with E-state index >= 15 is 0 Å². The molecule has 4 heteroatoms. The Morgan fingerprint density at radius 1 is 1.54 bits per heavy atom. The standard InChI is InChI=1S/C9H18N2O2/c1-8(7-10)6-9(12)11-2-4-13-5-3-11/h8H,2-7,10H2,1H3. The molecule has 1 unspecified atom stereocenters. The summed E-state index contributed by atoms with van der Waals surface area (Å²) in [7, 11) is 0. The lowest BCUT2D eigenvalue weighted by atomic mass is 10.1. The van der Waals surface area contributed by atoms with Gasteiger partial charge in [0.05, 0.1) is 13.2 Å². The molecule has 4 nitrogen and oxygen atoms in total. The second kappa shape index (κ2) is 5.19. The Morgan fingerprint density at radius 3 is 2.69 bits per heavy atom. The van der Waals surface area contributed by atoms with Crippen LogP contribution in [0.2, 0.25) is 0 Å². The molecule has 0 spiro atoms. The quantitative estimate of drug-likeness (QED) is 0.666. The van der Waals surface area contributed by atoms with E-state index in [9.17, 15) is 4.79 Å². The van der Waals surface area contributed by atoms with Gasteiger partial charge in [-0.25, -0.2) is 0 Å². The minimum Gasteiger partial charge on any atom is -0.378 e. The highest BCUT2D eigenvalue weighted by atomic mass is 16.5. The van der Waals surface area contributed by atoms with E-state index in [0.717, 1.165) is 13.1 Å². The van der Waals surface area contributed by atoms with Gasteiger partial charge < -0.3 is 15.4 Å². The average molecular weight is 186 g/mol. The third-order valence-corrected chi connectivity index (χ3v) is 2.29. The third-order valence-electron chi connectivity index (χ3n) is 2.29. The van der Waals surface area contributed by atoms with E-state index in [1.807, 2.05) is 11.8 Å². The van der Waals surface area contributed by atoms with E-state index in [4.69, 9.17) is 10.5 Å². The maximum Gasteiger partial charge on any atom is 0.223 e. The molecule has 0 saturated carbocycles. The van der Waals surface area contributed by atoms with E-state index in [1.165, 1.54) is 0 Å². The van der Waals surface area contributed by atoms with E-state index in [-0.39, 0.29) is 11.8 Å². The Labute approximate surface area is 79.0 Å². The maximum absolute atomic E-state index is 11.6. The van der Waals surface area contributed by atoms with Crippen LogP contribution in [-0.4, -0.2) is 43.7 Å². The minimum atomic E-state index is 0.209. The van der Waals surface area contributed by atoms with Crippen molar-refractivity contribution >= 4 is 5.91 Å². The van der Waals surface area contributed by atoms with Gasteiger partial charge in [0.2, 0.25) is 5.91 Å². The van der Waals surface area contributed by atoms with Crippen molar-refractivity contribution in [1.29, 1.82) is 0 Å². The number of ether oxygens (including phenoxy) is 1. The number of amides is 1. The molecule has 0 aromatic rings. The third kappa shape index (κ3) is 3.32. The van der Waals surface area contributed by atoms with Crippen LogP contribution in [0.15, 0.2) is 0 Å². The highest BCUT2D eigenvalue weighted by molar-refractivity contribution is 5.76. The summed E-state index contributed by atoms with van der Waals surface area (Å²) in [6.07, 6.45) is 0.566. The first-order valence-electron chi connectivity index (χ1n) is 4.79. The van der Waals surface area contributed by atoms with Crippen molar-refractivity contribution in [3.8, 4) is 0 Å². The number of carbonyl (C=O) groups is 1. The molecule has 1 saturated heterocycles. The largest absolute Gasteiger partial charge is 0.378 e. The number of hydrogen-bond acceptors (Lipinski definition) is 3. The fraction of sp³-hybridized carbons (Fsp3) is 0.889. The number of morpholine rings is 1. The topological polar surface area (TPSA) is 55.6 Å². The summed E-state index contributed by atoms with van der Waals surface area (Å²) in [5, 5.41) is 0. The molecule has 1 heterocycles. The molecular formula is C9H18N2O2. The van der Waals surface area contributed by atoms with E-state index < -0.39 is 0 Å². The van der Waals surface area contributed by atoms with Crippen molar-refractivity contribution in [2.45, 2.75) is 13.3 Å². The van der Waals surface area contributed by atoms with Crippen LogP contribution in [0.3, 0.4) is 0 Å². The Morgan fingerprint density at radius 2 is 2.15 bits per heavy atom. The fourth-order valence-corrected chi connectivity index (χ4v) is 1.32. The maximum atomic E-state index is 11.6. The summed E-state index contributed by atoms with van der Waals surface area (Å²) in [5.74, 6) is 0.497. The van der Waals surface area contributed by atoms with Crippen LogP contribution >= 0.6 is 0 Å². The fourth-order valence-electron chi connectivity index (χ4n) is 1.32. The number of nitrogens with two attached hydrogens (primary N) is 1. The molecule has 0 aromatic heterocycles. The van der Waals surface area contributed by atoms with E-state index in [0.29, 0.717) is 26.2 Å². The van der Waals surface area contributed by atoms with Gasteiger partial charge in [0, 0.05) is 19.5 Å². The molecule has 0 aromatic carbocycles. The summed E-state index contributed by atoms with van der Waals surface area (Å²) in [6.45, 7) is 5.38. The van der Waals surface area contributed by atoms with Crippen molar-refractivity contribution in [2.24, 2.45) is 11.7 Å². The van der Waals surface area contributed by atoms with Gasteiger partial charge in [0.1, 0.15) is 0 Å². The molecule has 0 aliphatic carbocycles. The van der Waals surface area contributed by atoms with Crippen molar-refractivity contribution in [1.82, 2.24) is 4.90 Å². The monoisotopic (exact) mass is 186 g/mol.